The maximum absolute atomic E-state index is 13.9. The van der Waals surface area contributed by atoms with Gasteiger partial charge in [0.15, 0.2) is 0 Å². The number of benzene rings is 3. The van der Waals surface area contributed by atoms with Crippen LogP contribution in [0.25, 0.3) is 0 Å². The maximum Gasteiger partial charge on any atom is 0.258 e. The van der Waals surface area contributed by atoms with E-state index in [1.165, 1.54) is 18.2 Å². The molecular formula is C26H24FN3O3. The van der Waals surface area contributed by atoms with Crippen LogP contribution in [0, 0.1) is 19.7 Å². The summed E-state index contributed by atoms with van der Waals surface area (Å²) in [4.78, 5) is 37.8. The summed E-state index contributed by atoms with van der Waals surface area (Å²) in [6, 6.07) is 16.0. The minimum absolute atomic E-state index is 0.0799. The Kier molecular flexibility index (Phi) is 6.22. The van der Waals surface area contributed by atoms with E-state index in [1.54, 1.807) is 49.4 Å². The van der Waals surface area contributed by atoms with E-state index in [-0.39, 0.29) is 23.4 Å². The Morgan fingerprint density at radius 1 is 0.758 bits per heavy atom. The van der Waals surface area contributed by atoms with Gasteiger partial charge < -0.3 is 16.0 Å². The largest absolute Gasteiger partial charge is 0.349 e. The van der Waals surface area contributed by atoms with Crippen molar-refractivity contribution < 1.29 is 18.8 Å². The lowest BCUT2D eigenvalue weighted by Crippen LogP contribution is -2.25. The summed E-state index contributed by atoms with van der Waals surface area (Å²) in [7, 11) is 0. The molecule has 0 saturated heterocycles. The predicted octanol–water partition coefficient (Wildman–Crippen LogP) is 4.84. The molecule has 33 heavy (non-hydrogen) atoms. The first kappa shape index (κ1) is 22.2. The van der Waals surface area contributed by atoms with Crippen LogP contribution >= 0.6 is 0 Å². The van der Waals surface area contributed by atoms with Gasteiger partial charge in [0.1, 0.15) is 5.82 Å². The highest BCUT2D eigenvalue weighted by atomic mass is 19.1. The standard InChI is InChI=1S/C26H24FN3O3/c1-15-7-9-17(24(31)28-19-11-12-19)13-22(15)29-25(32)18-10-8-16(2)23(14-18)30-26(33)20-5-3-4-6-21(20)27/h3-10,13-14,19H,11-12H2,1-2H3,(H,28,31)(H,29,32)(H,30,33). The Labute approximate surface area is 191 Å². The predicted molar refractivity (Wildman–Crippen MR) is 125 cm³/mol. The number of carbonyl (C=O) groups is 3. The van der Waals surface area contributed by atoms with E-state index in [2.05, 4.69) is 16.0 Å². The summed E-state index contributed by atoms with van der Waals surface area (Å²) >= 11 is 0. The molecule has 4 rings (SSSR count). The third kappa shape index (κ3) is 5.26. The first-order valence-electron chi connectivity index (χ1n) is 10.7. The molecule has 1 saturated carbocycles. The summed E-state index contributed by atoms with van der Waals surface area (Å²) in [5.74, 6) is -1.78. The van der Waals surface area contributed by atoms with Gasteiger partial charge in [-0.15, -0.1) is 0 Å². The Hall–Kier alpha value is -4.00. The number of rotatable bonds is 6. The lowest BCUT2D eigenvalue weighted by Gasteiger charge is -2.13. The quantitative estimate of drug-likeness (QED) is 0.507. The number of anilines is 2. The molecule has 168 valence electrons. The zero-order valence-electron chi connectivity index (χ0n) is 18.4. The molecule has 6 nitrogen and oxygen atoms in total. The van der Waals surface area contributed by atoms with Crippen molar-refractivity contribution in [3.63, 3.8) is 0 Å². The lowest BCUT2D eigenvalue weighted by atomic mass is 10.1. The molecule has 3 amide bonds. The number of nitrogens with one attached hydrogen (secondary N) is 3. The van der Waals surface area contributed by atoms with Gasteiger partial charge in [-0.2, -0.15) is 0 Å². The van der Waals surface area contributed by atoms with Gasteiger partial charge in [-0.1, -0.05) is 24.3 Å². The van der Waals surface area contributed by atoms with E-state index in [0.717, 1.165) is 24.0 Å². The van der Waals surface area contributed by atoms with Crippen molar-refractivity contribution in [2.24, 2.45) is 0 Å². The smallest absolute Gasteiger partial charge is 0.258 e. The Morgan fingerprint density at radius 3 is 1.88 bits per heavy atom. The molecule has 3 aromatic rings. The van der Waals surface area contributed by atoms with E-state index in [9.17, 15) is 18.8 Å². The van der Waals surface area contributed by atoms with Crippen LogP contribution in [0.15, 0.2) is 60.7 Å². The van der Waals surface area contributed by atoms with Crippen molar-refractivity contribution in [2.75, 3.05) is 10.6 Å². The second-order valence-corrected chi connectivity index (χ2v) is 8.20. The highest BCUT2D eigenvalue weighted by molar-refractivity contribution is 6.08. The second kappa shape index (κ2) is 9.24. The van der Waals surface area contributed by atoms with Crippen molar-refractivity contribution >= 4 is 29.1 Å². The van der Waals surface area contributed by atoms with Gasteiger partial charge in [-0.05, 0) is 74.2 Å². The van der Waals surface area contributed by atoms with Gasteiger partial charge in [0.2, 0.25) is 0 Å². The van der Waals surface area contributed by atoms with Gasteiger partial charge in [0, 0.05) is 28.5 Å². The molecule has 1 aliphatic rings. The van der Waals surface area contributed by atoms with E-state index in [0.29, 0.717) is 22.5 Å². The Morgan fingerprint density at radius 2 is 1.30 bits per heavy atom. The summed E-state index contributed by atoms with van der Waals surface area (Å²) in [6.07, 6.45) is 1.98. The molecule has 0 aromatic heterocycles. The van der Waals surface area contributed by atoms with E-state index >= 15 is 0 Å². The van der Waals surface area contributed by atoms with Gasteiger partial charge in [0.25, 0.3) is 17.7 Å². The van der Waals surface area contributed by atoms with E-state index in [1.807, 2.05) is 6.92 Å². The second-order valence-electron chi connectivity index (χ2n) is 8.20. The molecular weight excluding hydrogens is 421 g/mol. The van der Waals surface area contributed by atoms with Crippen LogP contribution in [-0.4, -0.2) is 23.8 Å². The first-order chi connectivity index (χ1) is 15.8. The van der Waals surface area contributed by atoms with Gasteiger partial charge >= 0.3 is 0 Å². The fourth-order valence-corrected chi connectivity index (χ4v) is 3.32. The minimum Gasteiger partial charge on any atom is -0.349 e. The maximum atomic E-state index is 13.9. The molecule has 7 heteroatoms. The molecule has 0 spiro atoms. The fraction of sp³-hybridized carbons (Fsp3) is 0.192. The molecule has 3 N–H and O–H groups in total. The van der Waals surface area contributed by atoms with Crippen LogP contribution in [0.5, 0.6) is 0 Å². The number of aryl methyl sites for hydroxylation is 2. The van der Waals surface area contributed by atoms with Crippen LogP contribution < -0.4 is 16.0 Å². The van der Waals surface area contributed by atoms with Crippen molar-refractivity contribution in [3.05, 3.63) is 94.3 Å². The number of amides is 3. The molecule has 1 aliphatic carbocycles. The van der Waals surface area contributed by atoms with Crippen molar-refractivity contribution in [1.82, 2.24) is 5.32 Å². The van der Waals surface area contributed by atoms with Crippen molar-refractivity contribution in [3.8, 4) is 0 Å². The van der Waals surface area contributed by atoms with Crippen LogP contribution in [0.2, 0.25) is 0 Å². The SMILES string of the molecule is Cc1ccc(C(=O)NC2CC2)cc1NC(=O)c1ccc(C)c(NC(=O)c2ccccc2F)c1. The van der Waals surface area contributed by atoms with Crippen LogP contribution in [0.3, 0.4) is 0 Å². The number of hydrogen-bond donors (Lipinski definition) is 3. The Balaban J connectivity index is 1.51. The highest BCUT2D eigenvalue weighted by Crippen LogP contribution is 2.23. The summed E-state index contributed by atoms with van der Waals surface area (Å²) in [5, 5.41) is 8.45. The number of halogens is 1. The summed E-state index contributed by atoms with van der Waals surface area (Å²) in [6.45, 7) is 3.62. The van der Waals surface area contributed by atoms with Crippen molar-refractivity contribution in [2.45, 2.75) is 32.7 Å². The van der Waals surface area contributed by atoms with Crippen LogP contribution in [0.4, 0.5) is 15.8 Å². The first-order valence-corrected chi connectivity index (χ1v) is 10.7. The third-order valence-corrected chi connectivity index (χ3v) is 5.53. The molecule has 0 unspecified atom stereocenters. The number of carbonyl (C=O) groups excluding carboxylic acids is 3. The topological polar surface area (TPSA) is 87.3 Å². The van der Waals surface area contributed by atoms with Crippen molar-refractivity contribution in [1.29, 1.82) is 0 Å². The molecule has 0 bridgehead atoms. The van der Waals surface area contributed by atoms with Gasteiger partial charge in [-0.25, -0.2) is 4.39 Å². The monoisotopic (exact) mass is 445 g/mol. The zero-order valence-corrected chi connectivity index (χ0v) is 18.4. The molecule has 0 radical (unpaired) electrons. The fourth-order valence-electron chi connectivity index (χ4n) is 3.32. The summed E-state index contributed by atoms with van der Waals surface area (Å²) < 4.78 is 13.9. The average Bonchev–Trinajstić information content (AvgIpc) is 3.60. The minimum atomic E-state index is -0.623. The third-order valence-electron chi connectivity index (χ3n) is 5.53. The van der Waals surface area contributed by atoms with Crippen LogP contribution in [-0.2, 0) is 0 Å². The normalized spacial score (nSPS) is 12.7. The average molecular weight is 445 g/mol. The van der Waals surface area contributed by atoms with Gasteiger partial charge in [0.05, 0.1) is 5.56 Å². The van der Waals surface area contributed by atoms with E-state index in [4.69, 9.17) is 0 Å². The lowest BCUT2D eigenvalue weighted by molar-refractivity contribution is 0.0949. The molecule has 0 heterocycles. The van der Waals surface area contributed by atoms with Gasteiger partial charge in [-0.3, -0.25) is 14.4 Å². The Bertz CT molecular complexity index is 1250. The zero-order chi connectivity index (χ0) is 23.5. The molecule has 3 aromatic carbocycles. The molecule has 0 atom stereocenters. The molecule has 1 fully saturated rings. The summed E-state index contributed by atoms with van der Waals surface area (Å²) in [5.41, 5.74) is 3.19. The van der Waals surface area contributed by atoms with Crippen LogP contribution in [0.1, 0.15) is 55.0 Å². The molecule has 0 aliphatic heterocycles. The van der Waals surface area contributed by atoms with E-state index < -0.39 is 11.7 Å². The number of hydrogen-bond acceptors (Lipinski definition) is 3. The highest BCUT2D eigenvalue weighted by Gasteiger charge is 2.24.